The molecule has 1 N–H and O–H groups in total. The van der Waals surface area contributed by atoms with Crippen LogP contribution in [0.4, 0.5) is 0 Å². The second-order valence-electron chi connectivity index (χ2n) is 3.62. The fourth-order valence-corrected chi connectivity index (χ4v) is 2.35. The molecule has 0 saturated heterocycles. The fourth-order valence-electron chi connectivity index (χ4n) is 1.68. The molecule has 1 nitrogen and oxygen atoms in total. The van der Waals surface area contributed by atoms with Gasteiger partial charge in [0.15, 0.2) is 0 Å². The third kappa shape index (κ3) is 3.37. The Labute approximate surface area is 102 Å². The predicted octanol–water partition coefficient (Wildman–Crippen LogP) is 4.44. The van der Waals surface area contributed by atoms with E-state index in [1.807, 2.05) is 25.2 Å². The molecule has 1 aromatic rings. The van der Waals surface area contributed by atoms with Crippen molar-refractivity contribution in [2.75, 3.05) is 7.05 Å². The summed E-state index contributed by atoms with van der Waals surface area (Å²) in [7, 11) is 1.94. The molecule has 3 heteroatoms. The molecule has 0 aliphatic heterocycles. The second-order valence-corrected chi connectivity index (χ2v) is 4.43. The third-order valence-electron chi connectivity index (χ3n) is 2.54. The molecule has 0 fully saturated rings. The van der Waals surface area contributed by atoms with Gasteiger partial charge in [-0.15, -0.1) is 0 Å². The van der Waals surface area contributed by atoms with Crippen LogP contribution in [0.5, 0.6) is 0 Å². The lowest BCUT2D eigenvalue weighted by Crippen LogP contribution is -2.17. The van der Waals surface area contributed by atoms with Gasteiger partial charge in [-0.25, -0.2) is 0 Å². The Morgan fingerprint density at radius 3 is 2.33 bits per heavy atom. The molecule has 0 bridgehead atoms. The first kappa shape index (κ1) is 12.8. The van der Waals surface area contributed by atoms with Gasteiger partial charge in [0.25, 0.3) is 0 Å². The van der Waals surface area contributed by atoms with E-state index < -0.39 is 0 Å². The zero-order chi connectivity index (χ0) is 11.3. The molecule has 1 atom stereocenters. The highest BCUT2D eigenvalue weighted by molar-refractivity contribution is 6.36. The summed E-state index contributed by atoms with van der Waals surface area (Å²) in [5, 5.41) is 4.76. The van der Waals surface area contributed by atoms with E-state index in [2.05, 4.69) is 12.2 Å². The average Bonchev–Trinajstić information content (AvgIpc) is 2.22. The number of rotatable bonds is 5. The molecular weight excluding hydrogens is 229 g/mol. The van der Waals surface area contributed by atoms with Gasteiger partial charge < -0.3 is 5.32 Å². The number of hydrogen-bond acceptors (Lipinski definition) is 1. The van der Waals surface area contributed by atoms with Crippen molar-refractivity contribution in [3.8, 4) is 0 Å². The van der Waals surface area contributed by atoms with E-state index in [-0.39, 0.29) is 6.04 Å². The van der Waals surface area contributed by atoms with Crippen LogP contribution in [0, 0.1) is 0 Å². The van der Waals surface area contributed by atoms with Crippen LogP contribution in [-0.4, -0.2) is 7.05 Å². The number of hydrogen-bond donors (Lipinski definition) is 1. The van der Waals surface area contributed by atoms with Crippen molar-refractivity contribution in [1.29, 1.82) is 0 Å². The van der Waals surface area contributed by atoms with Gasteiger partial charge in [-0.1, -0.05) is 49.0 Å². The van der Waals surface area contributed by atoms with Crippen LogP contribution in [0.15, 0.2) is 18.2 Å². The first-order chi connectivity index (χ1) is 7.20. The SMILES string of the molecule is CCCCC(NC)c1c(Cl)cccc1Cl. The summed E-state index contributed by atoms with van der Waals surface area (Å²) < 4.78 is 0. The number of unbranched alkanes of at least 4 members (excludes halogenated alkanes) is 1. The smallest absolute Gasteiger partial charge is 0.0468 e. The topological polar surface area (TPSA) is 12.0 Å². The molecule has 1 rings (SSSR count). The Bertz CT molecular complexity index is 292. The van der Waals surface area contributed by atoms with Gasteiger partial charge in [0.1, 0.15) is 0 Å². The maximum Gasteiger partial charge on any atom is 0.0468 e. The average molecular weight is 246 g/mol. The van der Waals surface area contributed by atoms with Gasteiger partial charge in [-0.2, -0.15) is 0 Å². The normalized spacial score (nSPS) is 12.8. The summed E-state index contributed by atoms with van der Waals surface area (Å²) in [6, 6.07) is 5.91. The van der Waals surface area contributed by atoms with Crippen molar-refractivity contribution in [2.45, 2.75) is 32.2 Å². The van der Waals surface area contributed by atoms with Gasteiger partial charge in [0.2, 0.25) is 0 Å². The van der Waals surface area contributed by atoms with E-state index in [9.17, 15) is 0 Å². The Balaban J connectivity index is 2.90. The molecule has 0 radical (unpaired) electrons. The van der Waals surface area contributed by atoms with Crippen LogP contribution in [0.25, 0.3) is 0 Å². The van der Waals surface area contributed by atoms with Crippen molar-refractivity contribution < 1.29 is 0 Å². The largest absolute Gasteiger partial charge is 0.313 e. The highest BCUT2D eigenvalue weighted by atomic mass is 35.5. The number of nitrogens with one attached hydrogen (secondary N) is 1. The van der Waals surface area contributed by atoms with Crippen molar-refractivity contribution in [2.24, 2.45) is 0 Å². The lowest BCUT2D eigenvalue weighted by molar-refractivity contribution is 0.523. The zero-order valence-corrected chi connectivity index (χ0v) is 10.7. The van der Waals surface area contributed by atoms with Gasteiger partial charge in [0.05, 0.1) is 0 Å². The van der Waals surface area contributed by atoms with Crippen LogP contribution >= 0.6 is 23.2 Å². The molecular formula is C12H17Cl2N. The lowest BCUT2D eigenvalue weighted by Gasteiger charge is -2.19. The Kier molecular flexibility index (Phi) is 5.44. The van der Waals surface area contributed by atoms with E-state index in [0.717, 1.165) is 22.0 Å². The maximum atomic E-state index is 6.16. The molecule has 0 saturated carbocycles. The molecule has 0 heterocycles. The third-order valence-corrected chi connectivity index (χ3v) is 3.20. The van der Waals surface area contributed by atoms with Crippen LogP contribution < -0.4 is 5.32 Å². The van der Waals surface area contributed by atoms with Crippen molar-refractivity contribution in [3.05, 3.63) is 33.8 Å². The van der Waals surface area contributed by atoms with E-state index in [1.165, 1.54) is 12.8 Å². The summed E-state index contributed by atoms with van der Waals surface area (Å²) in [5.41, 5.74) is 1.02. The summed E-state index contributed by atoms with van der Waals surface area (Å²) in [6.07, 6.45) is 3.42. The van der Waals surface area contributed by atoms with Crippen LogP contribution in [-0.2, 0) is 0 Å². The molecule has 0 aromatic heterocycles. The second kappa shape index (κ2) is 6.37. The van der Waals surface area contributed by atoms with Crippen LogP contribution in [0.1, 0.15) is 37.8 Å². The molecule has 1 unspecified atom stereocenters. The molecule has 84 valence electrons. The van der Waals surface area contributed by atoms with Crippen molar-refractivity contribution in [1.82, 2.24) is 5.32 Å². The van der Waals surface area contributed by atoms with Crippen molar-refractivity contribution in [3.63, 3.8) is 0 Å². The Morgan fingerprint density at radius 2 is 1.87 bits per heavy atom. The van der Waals surface area contributed by atoms with Gasteiger partial charge in [-0.3, -0.25) is 0 Å². The lowest BCUT2D eigenvalue weighted by atomic mass is 10.0. The molecule has 0 spiro atoms. The summed E-state index contributed by atoms with van der Waals surface area (Å²) in [5.74, 6) is 0. The first-order valence-corrected chi connectivity index (χ1v) is 6.07. The van der Waals surface area contributed by atoms with Crippen LogP contribution in [0.2, 0.25) is 10.0 Å². The standard InChI is InChI=1S/C12H17Cl2N/c1-3-4-8-11(15-2)12-9(13)6-5-7-10(12)14/h5-7,11,15H,3-4,8H2,1-2H3. The van der Waals surface area contributed by atoms with Crippen LogP contribution in [0.3, 0.4) is 0 Å². The van der Waals surface area contributed by atoms with E-state index >= 15 is 0 Å². The van der Waals surface area contributed by atoms with Gasteiger partial charge >= 0.3 is 0 Å². The summed E-state index contributed by atoms with van der Waals surface area (Å²) in [6.45, 7) is 2.18. The summed E-state index contributed by atoms with van der Waals surface area (Å²) in [4.78, 5) is 0. The summed E-state index contributed by atoms with van der Waals surface area (Å²) >= 11 is 12.3. The predicted molar refractivity (Wildman–Crippen MR) is 67.8 cm³/mol. The minimum atomic E-state index is 0.256. The fraction of sp³-hybridized carbons (Fsp3) is 0.500. The number of benzene rings is 1. The monoisotopic (exact) mass is 245 g/mol. The Hall–Kier alpha value is -0.240. The molecule has 0 amide bonds. The molecule has 15 heavy (non-hydrogen) atoms. The molecule has 0 aliphatic carbocycles. The quantitative estimate of drug-likeness (QED) is 0.809. The van der Waals surface area contributed by atoms with E-state index in [0.29, 0.717) is 0 Å². The zero-order valence-electron chi connectivity index (χ0n) is 9.19. The van der Waals surface area contributed by atoms with Gasteiger partial charge in [0, 0.05) is 21.7 Å². The number of halogens is 2. The minimum absolute atomic E-state index is 0.256. The molecule has 0 aliphatic rings. The first-order valence-electron chi connectivity index (χ1n) is 5.31. The highest BCUT2D eigenvalue weighted by Gasteiger charge is 2.15. The van der Waals surface area contributed by atoms with E-state index in [4.69, 9.17) is 23.2 Å². The highest BCUT2D eigenvalue weighted by Crippen LogP contribution is 2.32. The minimum Gasteiger partial charge on any atom is -0.313 e. The van der Waals surface area contributed by atoms with Gasteiger partial charge in [-0.05, 0) is 25.6 Å². The van der Waals surface area contributed by atoms with Crippen molar-refractivity contribution >= 4 is 23.2 Å². The van der Waals surface area contributed by atoms with E-state index in [1.54, 1.807) is 0 Å². The Morgan fingerprint density at radius 1 is 1.27 bits per heavy atom. The molecule has 1 aromatic carbocycles. The maximum absolute atomic E-state index is 6.16.